The van der Waals surface area contributed by atoms with E-state index in [1.807, 2.05) is 30.5 Å². The predicted molar refractivity (Wildman–Crippen MR) is 78.7 cm³/mol. The molecule has 1 aliphatic heterocycles. The van der Waals surface area contributed by atoms with E-state index in [1.165, 1.54) is 16.0 Å². The summed E-state index contributed by atoms with van der Waals surface area (Å²) in [6, 6.07) is 7.87. The van der Waals surface area contributed by atoms with Gasteiger partial charge in [-0.1, -0.05) is 23.7 Å². The highest BCUT2D eigenvalue weighted by molar-refractivity contribution is 7.20. The number of nitrogens with one attached hydrogen (secondary N) is 1. The van der Waals surface area contributed by atoms with Gasteiger partial charge in [0.25, 0.3) is 0 Å². The third-order valence-corrected chi connectivity index (χ3v) is 4.48. The van der Waals surface area contributed by atoms with Gasteiger partial charge in [-0.25, -0.2) is 0 Å². The molecule has 5 heteroatoms. The van der Waals surface area contributed by atoms with Crippen LogP contribution in [-0.2, 0) is 0 Å². The van der Waals surface area contributed by atoms with E-state index in [9.17, 15) is 0 Å². The maximum absolute atomic E-state index is 5.91. The molecular weight excluding hydrogens is 266 g/mol. The lowest BCUT2D eigenvalue weighted by Gasteiger charge is -2.14. The van der Waals surface area contributed by atoms with E-state index in [0.29, 0.717) is 0 Å². The SMILES string of the molecule is Cc1c(-c2ccc(Cl)cc2)sc2c1C=NC(N)N2. The first-order chi connectivity index (χ1) is 8.65. The third kappa shape index (κ3) is 1.92. The van der Waals surface area contributed by atoms with E-state index in [1.54, 1.807) is 11.3 Å². The Morgan fingerprint density at radius 1 is 1.33 bits per heavy atom. The van der Waals surface area contributed by atoms with Crippen LogP contribution in [0.5, 0.6) is 0 Å². The highest BCUT2D eigenvalue weighted by atomic mass is 35.5. The summed E-state index contributed by atoms with van der Waals surface area (Å²) in [5.41, 5.74) is 9.27. The van der Waals surface area contributed by atoms with E-state index in [4.69, 9.17) is 17.3 Å². The van der Waals surface area contributed by atoms with Crippen LogP contribution in [0.1, 0.15) is 11.1 Å². The van der Waals surface area contributed by atoms with Crippen LogP contribution in [0.15, 0.2) is 29.3 Å². The zero-order chi connectivity index (χ0) is 12.7. The van der Waals surface area contributed by atoms with Crippen LogP contribution < -0.4 is 11.1 Å². The zero-order valence-electron chi connectivity index (χ0n) is 9.77. The minimum Gasteiger partial charge on any atom is -0.343 e. The Morgan fingerprint density at radius 2 is 2.06 bits per heavy atom. The molecule has 0 spiro atoms. The number of thiophene rings is 1. The van der Waals surface area contributed by atoms with E-state index >= 15 is 0 Å². The van der Waals surface area contributed by atoms with Gasteiger partial charge in [0.15, 0.2) is 6.29 Å². The minimum atomic E-state index is -0.339. The number of hydrogen-bond acceptors (Lipinski definition) is 4. The molecule has 3 nitrogen and oxygen atoms in total. The lowest BCUT2D eigenvalue weighted by atomic mass is 10.1. The lowest BCUT2D eigenvalue weighted by Crippen LogP contribution is -2.29. The van der Waals surface area contributed by atoms with Gasteiger partial charge in [-0.2, -0.15) is 0 Å². The number of nitrogens with two attached hydrogens (primary N) is 1. The topological polar surface area (TPSA) is 50.4 Å². The molecule has 0 bridgehead atoms. The number of anilines is 1. The summed E-state index contributed by atoms with van der Waals surface area (Å²) < 4.78 is 0. The summed E-state index contributed by atoms with van der Waals surface area (Å²) in [5.74, 6) is 0. The fourth-order valence-corrected chi connectivity index (χ4v) is 3.33. The number of hydrogen-bond donors (Lipinski definition) is 2. The van der Waals surface area contributed by atoms with Gasteiger partial charge in [0.1, 0.15) is 5.00 Å². The van der Waals surface area contributed by atoms with Crippen LogP contribution in [0, 0.1) is 6.92 Å². The van der Waals surface area contributed by atoms with Gasteiger partial charge < -0.3 is 5.32 Å². The second kappa shape index (κ2) is 4.39. The Morgan fingerprint density at radius 3 is 2.78 bits per heavy atom. The molecule has 3 rings (SSSR count). The van der Waals surface area contributed by atoms with Crippen molar-refractivity contribution < 1.29 is 0 Å². The van der Waals surface area contributed by atoms with Gasteiger partial charge in [0.2, 0.25) is 0 Å². The van der Waals surface area contributed by atoms with Crippen molar-refractivity contribution in [2.75, 3.05) is 5.32 Å². The van der Waals surface area contributed by atoms with Crippen LogP contribution in [0.2, 0.25) is 5.02 Å². The molecule has 92 valence electrons. The zero-order valence-corrected chi connectivity index (χ0v) is 11.3. The highest BCUT2D eigenvalue weighted by Crippen LogP contribution is 2.40. The van der Waals surface area contributed by atoms with E-state index < -0.39 is 0 Å². The second-order valence-electron chi connectivity index (χ2n) is 4.17. The van der Waals surface area contributed by atoms with Gasteiger partial charge >= 0.3 is 0 Å². The molecule has 1 unspecified atom stereocenters. The summed E-state index contributed by atoms with van der Waals surface area (Å²) in [4.78, 5) is 5.41. The predicted octanol–water partition coefficient (Wildman–Crippen LogP) is 3.46. The molecule has 1 aromatic carbocycles. The molecule has 0 saturated heterocycles. The Bertz CT molecular complexity index is 616. The van der Waals surface area contributed by atoms with Crippen molar-refractivity contribution in [1.29, 1.82) is 0 Å². The number of halogens is 1. The molecule has 18 heavy (non-hydrogen) atoms. The quantitative estimate of drug-likeness (QED) is 0.839. The molecule has 2 aromatic rings. The van der Waals surface area contributed by atoms with Gasteiger partial charge in [0.05, 0.1) is 0 Å². The first-order valence-corrected chi connectivity index (χ1v) is 6.79. The van der Waals surface area contributed by atoms with Crippen LogP contribution >= 0.6 is 22.9 Å². The molecule has 1 aliphatic rings. The molecule has 0 saturated carbocycles. The van der Waals surface area contributed by atoms with Crippen molar-refractivity contribution in [1.82, 2.24) is 0 Å². The molecule has 0 amide bonds. The van der Waals surface area contributed by atoms with E-state index in [-0.39, 0.29) is 6.29 Å². The normalized spacial score (nSPS) is 17.4. The number of rotatable bonds is 1. The van der Waals surface area contributed by atoms with Crippen molar-refractivity contribution in [3.8, 4) is 10.4 Å². The molecule has 1 aromatic heterocycles. The van der Waals surface area contributed by atoms with Crippen LogP contribution in [0.3, 0.4) is 0 Å². The summed E-state index contributed by atoms with van der Waals surface area (Å²) in [7, 11) is 0. The van der Waals surface area contributed by atoms with Crippen LogP contribution in [0.4, 0.5) is 5.00 Å². The van der Waals surface area contributed by atoms with E-state index in [2.05, 4.69) is 17.2 Å². The average Bonchev–Trinajstić information content (AvgIpc) is 2.67. The smallest absolute Gasteiger partial charge is 0.171 e. The highest BCUT2D eigenvalue weighted by Gasteiger charge is 2.19. The van der Waals surface area contributed by atoms with Crippen LogP contribution in [-0.4, -0.2) is 12.5 Å². The van der Waals surface area contributed by atoms with Crippen molar-refractivity contribution >= 4 is 34.2 Å². The maximum Gasteiger partial charge on any atom is 0.171 e. The fraction of sp³-hybridized carbons (Fsp3) is 0.154. The van der Waals surface area contributed by atoms with Gasteiger partial charge in [-0.15, -0.1) is 11.3 Å². The van der Waals surface area contributed by atoms with Crippen molar-refractivity contribution in [3.05, 3.63) is 40.4 Å². The second-order valence-corrected chi connectivity index (χ2v) is 5.63. The molecule has 0 aliphatic carbocycles. The summed E-state index contributed by atoms with van der Waals surface area (Å²) in [6.07, 6.45) is 1.51. The minimum absolute atomic E-state index is 0.339. The van der Waals surface area contributed by atoms with Crippen LogP contribution in [0.25, 0.3) is 10.4 Å². The first-order valence-electron chi connectivity index (χ1n) is 5.60. The molecule has 3 N–H and O–H groups in total. The first kappa shape index (κ1) is 11.7. The van der Waals surface area contributed by atoms with Crippen molar-refractivity contribution in [3.63, 3.8) is 0 Å². The van der Waals surface area contributed by atoms with Gasteiger partial charge in [0, 0.05) is 21.7 Å². The Kier molecular flexibility index (Phi) is 2.86. The average molecular weight is 278 g/mol. The van der Waals surface area contributed by atoms with Crippen molar-refractivity contribution in [2.24, 2.45) is 10.7 Å². The Balaban J connectivity index is 2.09. The number of fused-ring (bicyclic) bond motifs is 1. The maximum atomic E-state index is 5.91. The fourth-order valence-electron chi connectivity index (χ4n) is 1.99. The molecule has 0 fully saturated rings. The largest absolute Gasteiger partial charge is 0.343 e. The summed E-state index contributed by atoms with van der Waals surface area (Å²) in [5, 5.41) is 5.01. The molecule has 1 atom stereocenters. The molecule has 2 heterocycles. The number of benzene rings is 1. The van der Waals surface area contributed by atoms with Gasteiger partial charge in [-0.05, 0) is 30.2 Å². The van der Waals surface area contributed by atoms with E-state index in [0.717, 1.165) is 15.6 Å². The Labute approximate surface area is 114 Å². The lowest BCUT2D eigenvalue weighted by molar-refractivity contribution is 0.810. The standard InChI is InChI=1S/C13H12ClN3S/c1-7-10-6-16-13(15)17-12(10)18-11(7)8-2-4-9(14)5-3-8/h2-6,13,17H,15H2,1H3. The monoisotopic (exact) mass is 277 g/mol. The number of nitrogens with zero attached hydrogens (tertiary/aromatic N) is 1. The summed E-state index contributed by atoms with van der Waals surface area (Å²) in [6.45, 7) is 2.10. The Hall–Kier alpha value is -1.36. The molecular formula is C13H12ClN3S. The molecule has 0 radical (unpaired) electrons. The number of aliphatic imine (C=N–C) groups is 1. The van der Waals surface area contributed by atoms with Crippen molar-refractivity contribution in [2.45, 2.75) is 13.2 Å². The third-order valence-electron chi connectivity index (χ3n) is 2.94. The van der Waals surface area contributed by atoms with Gasteiger partial charge in [-0.3, -0.25) is 10.7 Å². The summed E-state index contributed by atoms with van der Waals surface area (Å²) >= 11 is 7.61.